The van der Waals surface area contributed by atoms with E-state index in [1.54, 1.807) is 25.4 Å². The molecule has 1 aliphatic carbocycles. The van der Waals surface area contributed by atoms with E-state index in [1.165, 1.54) is 4.68 Å². The van der Waals surface area contributed by atoms with Crippen molar-refractivity contribution in [3.63, 3.8) is 0 Å². The fourth-order valence-electron chi connectivity index (χ4n) is 4.93. The molecule has 1 atom stereocenters. The predicted molar refractivity (Wildman–Crippen MR) is 117 cm³/mol. The first-order valence-electron chi connectivity index (χ1n) is 11.1. The van der Waals surface area contributed by atoms with Crippen molar-refractivity contribution in [3.8, 4) is 0 Å². The van der Waals surface area contributed by atoms with E-state index in [2.05, 4.69) is 21.0 Å². The van der Waals surface area contributed by atoms with Gasteiger partial charge in [-0.15, -0.1) is 0 Å². The molecule has 9 nitrogen and oxygen atoms in total. The van der Waals surface area contributed by atoms with Crippen LogP contribution in [0.5, 0.6) is 0 Å². The Morgan fingerprint density at radius 2 is 2.03 bits per heavy atom. The second-order valence-electron chi connectivity index (χ2n) is 8.88. The molecule has 3 heterocycles. The van der Waals surface area contributed by atoms with Crippen molar-refractivity contribution >= 4 is 29.1 Å². The third-order valence-corrected chi connectivity index (χ3v) is 7.08. The van der Waals surface area contributed by atoms with Crippen LogP contribution in [0.15, 0.2) is 30.5 Å². The fraction of sp³-hybridized carbons (Fsp3) is 0.478. The van der Waals surface area contributed by atoms with Gasteiger partial charge in [0.05, 0.1) is 5.41 Å². The Balaban J connectivity index is 1.33. The molecule has 168 valence electrons. The number of benzene rings is 1. The van der Waals surface area contributed by atoms with Gasteiger partial charge in [0.15, 0.2) is 0 Å². The Morgan fingerprint density at radius 1 is 1.25 bits per heavy atom. The summed E-state index contributed by atoms with van der Waals surface area (Å²) in [6, 6.07) is 6.54. The molecule has 1 aromatic carbocycles. The molecule has 2 aliphatic heterocycles. The van der Waals surface area contributed by atoms with Crippen LogP contribution < -0.4 is 16.0 Å². The first kappa shape index (κ1) is 20.7. The molecule has 5 rings (SSSR count). The van der Waals surface area contributed by atoms with E-state index < -0.39 is 11.5 Å². The molecule has 1 saturated carbocycles. The van der Waals surface area contributed by atoms with Gasteiger partial charge >= 0.3 is 0 Å². The molecule has 32 heavy (non-hydrogen) atoms. The molecule has 2 aromatic rings. The second-order valence-corrected chi connectivity index (χ2v) is 8.88. The Kier molecular flexibility index (Phi) is 5.21. The van der Waals surface area contributed by atoms with Crippen LogP contribution in [-0.2, 0) is 26.8 Å². The third-order valence-electron chi connectivity index (χ3n) is 7.08. The molecule has 1 saturated heterocycles. The predicted octanol–water partition coefficient (Wildman–Crippen LogP) is 1.96. The zero-order chi connectivity index (χ0) is 22.3. The standard InChI is InChI=1S/C23H27N5O4/c1-28-18(7-10-24-28)20(29)27-19(14-3-2-4-14)21(30)25-15-5-6-16-17(13-15)26-22(31)23(16)8-11-32-12-9-23/h5-7,10,13-14,19H,2-4,8-9,11-12H2,1H3,(H,25,30)(H,26,31)(H,27,29). The largest absolute Gasteiger partial charge is 0.381 e. The molecular weight excluding hydrogens is 410 g/mol. The highest BCUT2D eigenvalue weighted by atomic mass is 16.5. The number of hydrogen-bond acceptors (Lipinski definition) is 5. The van der Waals surface area contributed by atoms with Gasteiger partial charge in [0, 0.05) is 37.8 Å². The number of nitrogens with one attached hydrogen (secondary N) is 3. The summed E-state index contributed by atoms with van der Waals surface area (Å²) in [5.41, 5.74) is 2.15. The molecule has 3 amide bonds. The molecular formula is C23H27N5O4. The molecule has 2 fully saturated rings. The zero-order valence-corrected chi connectivity index (χ0v) is 18.0. The van der Waals surface area contributed by atoms with Crippen LogP contribution in [0.1, 0.15) is 48.2 Å². The summed E-state index contributed by atoms with van der Waals surface area (Å²) < 4.78 is 6.94. The minimum absolute atomic E-state index is 0.00457. The molecule has 1 unspecified atom stereocenters. The molecule has 3 aliphatic rings. The lowest BCUT2D eigenvalue weighted by atomic mass is 9.75. The second kappa shape index (κ2) is 8.05. The Morgan fingerprint density at radius 3 is 2.69 bits per heavy atom. The quantitative estimate of drug-likeness (QED) is 0.662. The average molecular weight is 438 g/mol. The van der Waals surface area contributed by atoms with Crippen molar-refractivity contribution in [3.05, 3.63) is 41.7 Å². The van der Waals surface area contributed by atoms with Gasteiger partial charge in [-0.3, -0.25) is 19.1 Å². The number of amides is 3. The van der Waals surface area contributed by atoms with Crippen LogP contribution >= 0.6 is 0 Å². The molecule has 1 spiro atoms. The summed E-state index contributed by atoms with van der Waals surface area (Å²) in [7, 11) is 1.69. The van der Waals surface area contributed by atoms with Gasteiger partial charge in [-0.25, -0.2) is 0 Å². The van der Waals surface area contributed by atoms with E-state index in [1.807, 2.05) is 12.1 Å². The van der Waals surface area contributed by atoms with Crippen LogP contribution in [0.4, 0.5) is 11.4 Å². The van der Waals surface area contributed by atoms with E-state index >= 15 is 0 Å². The lowest BCUT2D eigenvalue weighted by Crippen LogP contribution is -2.50. The maximum atomic E-state index is 13.1. The topological polar surface area (TPSA) is 114 Å². The van der Waals surface area contributed by atoms with E-state index in [-0.39, 0.29) is 23.6 Å². The number of anilines is 2. The third kappa shape index (κ3) is 3.46. The van der Waals surface area contributed by atoms with Crippen molar-refractivity contribution in [1.82, 2.24) is 15.1 Å². The van der Waals surface area contributed by atoms with E-state index in [4.69, 9.17) is 4.74 Å². The van der Waals surface area contributed by atoms with E-state index in [0.29, 0.717) is 37.4 Å². The van der Waals surface area contributed by atoms with Gasteiger partial charge < -0.3 is 20.7 Å². The number of fused-ring (bicyclic) bond motifs is 2. The van der Waals surface area contributed by atoms with Gasteiger partial charge in [0.25, 0.3) is 5.91 Å². The normalized spacial score (nSPS) is 20.2. The Labute approximate surface area is 185 Å². The molecule has 0 bridgehead atoms. The van der Waals surface area contributed by atoms with E-state index in [9.17, 15) is 14.4 Å². The number of carbonyl (C=O) groups is 3. The summed E-state index contributed by atoms with van der Waals surface area (Å²) in [5, 5.41) is 12.8. The van der Waals surface area contributed by atoms with Crippen LogP contribution in [-0.4, -0.2) is 46.8 Å². The summed E-state index contributed by atoms with van der Waals surface area (Å²) in [6.45, 7) is 1.12. The lowest BCUT2D eigenvalue weighted by Gasteiger charge is -2.33. The van der Waals surface area contributed by atoms with Gasteiger partial charge in [0.2, 0.25) is 11.8 Å². The first-order chi connectivity index (χ1) is 15.5. The molecule has 9 heteroatoms. The van der Waals surface area contributed by atoms with Crippen LogP contribution in [0, 0.1) is 5.92 Å². The Hall–Kier alpha value is -3.20. The van der Waals surface area contributed by atoms with Gasteiger partial charge in [-0.1, -0.05) is 12.5 Å². The smallest absolute Gasteiger partial charge is 0.270 e. The minimum atomic E-state index is -0.629. The van der Waals surface area contributed by atoms with Crippen molar-refractivity contribution < 1.29 is 19.1 Å². The number of aromatic nitrogens is 2. The van der Waals surface area contributed by atoms with Crippen molar-refractivity contribution in [1.29, 1.82) is 0 Å². The van der Waals surface area contributed by atoms with Crippen LogP contribution in [0.25, 0.3) is 0 Å². The summed E-state index contributed by atoms with van der Waals surface area (Å²) >= 11 is 0. The highest BCUT2D eigenvalue weighted by Crippen LogP contribution is 2.45. The SMILES string of the molecule is Cn1nccc1C(=O)NC(C(=O)Nc1ccc2c(c1)NC(=O)C21CCOCC1)C1CCC1. The Bertz CT molecular complexity index is 1070. The summed E-state index contributed by atoms with van der Waals surface area (Å²) in [6.07, 6.45) is 5.70. The number of ether oxygens (including phenoxy) is 1. The van der Waals surface area contributed by atoms with Crippen molar-refractivity contribution in [2.24, 2.45) is 13.0 Å². The van der Waals surface area contributed by atoms with Gasteiger partial charge in [-0.2, -0.15) is 5.10 Å². The van der Waals surface area contributed by atoms with Gasteiger partial charge in [0.1, 0.15) is 11.7 Å². The highest BCUT2D eigenvalue weighted by molar-refractivity contribution is 6.07. The summed E-state index contributed by atoms with van der Waals surface area (Å²) in [4.78, 5) is 38.6. The number of rotatable bonds is 5. The zero-order valence-electron chi connectivity index (χ0n) is 18.0. The molecule has 1 aromatic heterocycles. The van der Waals surface area contributed by atoms with Crippen molar-refractivity contribution in [2.45, 2.75) is 43.6 Å². The average Bonchev–Trinajstić information content (AvgIpc) is 3.28. The maximum absolute atomic E-state index is 13.1. The minimum Gasteiger partial charge on any atom is -0.381 e. The molecule has 0 radical (unpaired) electrons. The lowest BCUT2D eigenvalue weighted by molar-refractivity contribution is -0.124. The van der Waals surface area contributed by atoms with Gasteiger partial charge in [-0.05, 0) is 55.4 Å². The van der Waals surface area contributed by atoms with Crippen molar-refractivity contribution in [2.75, 3.05) is 23.8 Å². The number of nitrogens with zero attached hydrogens (tertiary/aromatic N) is 2. The monoisotopic (exact) mass is 437 g/mol. The molecule has 3 N–H and O–H groups in total. The van der Waals surface area contributed by atoms with Crippen LogP contribution in [0.2, 0.25) is 0 Å². The first-order valence-corrected chi connectivity index (χ1v) is 11.1. The maximum Gasteiger partial charge on any atom is 0.270 e. The number of carbonyl (C=O) groups excluding carboxylic acids is 3. The number of hydrogen-bond donors (Lipinski definition) is 3. The van der Waals surface area contributed by atoms with Crippen LogP contribution in [0.3, 0.4) is 0 Å². The highest BCUT2D eigenvalue weighted by Gasteiger charge is 2.47. The van der Waals surface area contributed by atoms with E-state index in [0.717, 1.165) is 30.5 Å². The number of aryl methyl sites for hydroxylation is 1. The summed E-state index contributed by atoms with van der Waals surface area (Å²) in [5.74, 6) is -0.475. The fourth-order valence-corrected chi connectivity index (χ4v) is 4.93.